The Balaban J connectivity index is 2.90. The van der Waals surface area contributed by atoms with Gasteiger partial charge in [0.05, 0.1) is 11.6 Å². The maximum absolute atomic E-state index is 12.4. The van der Waals surface area contributed by atoms with Crippen molar-refractivity contribution in [3.05, 3.63) is 29.3 Å². The molecule has 23 heavy (non-hydrogen) atoms. The Kier molecular flexibility index (Phi) is 7.92. The van der Waals surface area contributed by atoms with Crippen LogP contribution >= 0.6 is 0 Å². The summed E-state index contributed by atoms with van der Waals surface area (Å²) in [6.45, 7) is 6.42. The number of hydrogen-bond donors (Lipinski definition) is 2. The molecule has 0 saturated heterocycles. The van der Waals surface area contributed by atoms with Gasteiger partial charge < -0.3 is 15.8 Å². The van der Waals surface area contributed by atoms with E-state index in [2.05, 4.69) is 19.2 Å². The van der Waals surface area contributed by atoms with Gasteiger partial charge >= 0.3 is 0 Å². The van der Waals surface area contributed by atoms with Crippen molar-refractivity contribution in [1.29, 1.82) is 0 Å². The molecular weight excluding hydrogens is 292 g/mol. The summed E-state index contributed by atoms with van der Waals surface area (Å²) in [5.41, 5.74) is 6.74. The predicted molar refractivity (Wildman–Crippen MR) is 92.0 cm³/mol. The third kappa shape index (κ3) is 6.12. The van der Waals surface area contributed by atoms with Gasteiger partial charge in [-0.1, -0.05) is 19.9 Å². The molecule has 0 aromatic heterocycles. The van der Waals surface area contributed by atoms with Gasteiger partial charge in [0.25, 0.3) is 0 Å². The number of ketones is 2. The van der Waals surface area contributed by atoms with E-state index in [9.17, 15) is 9.59 Å². The summed E-state index contributed by atoms with van der Waals surface area (Å²) in [7, 11) is 1.80. The molecule has 0 fully saturated rings. The van der Waals surface area contributed by atoms with E-state index in [1.54, 1.807) is 19.2 Å². The van der Waals surface area contributed by atoms with Crippen molar-refractivity contribution < 1.29 is 14.3 Å². The number of carbonyl (C=O) groups excluding carboxylic acids is 2. The zero-order valence-corrected chi connectivity index (χ0v) is 14.5. The number of nitrogens with one attached hydrogen (secondary N) is 1. The van der Waals surface area contributed by atoms with Gasteiger partial charge in [-0.2, -0.15) is 0 Å². The van der Waals surface area contributed by atoms with E-state index >= 15 is 0 Å². The molecule has 0 radical (unpaired) electrons. The van der Waals surface area contributed by atoms with Gasteiger partial charge in [-0.15, -0.1) is 0 Å². The summed E-state index contributed by atoms with van der Waals surface area (Å²) >= 11 is 0. The number of nitrogens with two attached hydrogens (primary N) is 1. The minimum absolute atomic E-state index is 0.0846. The van der Waals surface area contributed by atoms with E-state index in [-0.39, 0.29) is 17.6 Å². The Morgan fingerprint density at radius 2 is 2.00 bits per heavy atom. The second kappa shape index (κ2) is 9.43. The lowest BCUT2D eigenvalue weighted by molar-refractivity contribution is -0.120. The van der Waals surface area contributed by atoms with Crippen molar-refractivity contribution >= 4 is 11.6 Å². The second-order valence-electron chi connectivity index (χ2n) is 6.14. The molecular formula is C18H28N2O3. The fraction of sp³-hybridized carbons (Fsp3) is 0.556. The van der Waals surface area contributed by atoms with Gasteiger partial charge in [0.2, 0.25) is 0 Å². The van der Waals surface area contributed by atoms with Crippen LogP contribution < -0.4 is 15.8 Å². The minimum Gasteiger partial charge on any atom is -0.492 e. The van der Waals surface area contributed by atoms with Crippen molar-refractivity contribution in [2.75, 3.05) is 20.2 Å². The highest BCUT2D eigenvalue weighted by molar-refractivity contribution is 5.97. The lowest BCUT2D eigenvalue weighted by atomic mass is 9.95. The van der Waals surface area contributed by atoms with Gasteiger partial charge in [-0.3, -0.25) is 9.59 Å². The quantitative estimate of drug-likeness (QED) is 0.644. The SMILES string of the molecule is CN[C@@H](CC(C)C)C(=O)Cc1ccc(OCCN)c(C(C)=O)c1. The number of likely N-dealkylation sites (N-methyl/N-ethyl adjacent to an activating group) is 1. The fourth-order valence-electron chi connectivity index (χ4n) is 2.46. The van der Waals surface area contributed by atoms with Crippen LogP contribution in [0.25, 0.3) is 0 Å². The van der Waals surface area contributed by atoms with Crippen molar-refractivity contribution in [2.24, 2.45) is 11.7 Å². The summed E-state index contributed by atoms with van der Waals surface area (Å²) in [6, 6.07) is 5.15. The average Bonchev–Trinajstić information content (AvgIpc) is 2.50. The van der Waals surface area contributed by atoms with E-state index in [0.29, 0.717) is 36.8 Å². The first kappa shape index (κ1) is 19.3. The molecule has 1 aromatic rings. The third-order valence-electron chi connectivity index (χ3n) is 3.62. The third-order valence-corrected chi connectivity index (χ3v) is 3.62. The number of benzene rings is 1. The van der Waals surface area contributed by atoms with Crippen LogP contribution in [0.4, 0.5) is 0 Å². The molecule has 1 aromatic carbocycles. The Bertz CT molecular complexity index is 541. The Hall–Kier alpha value is -1.72. The van der Waals surface area contributed by atoms with Crippen molar-refractivity contribution in [3.63, 3.8) is 0 Å². The molecule has 1 atom stereocenters. The topological polar surface area (TPSA) is 81.4 Å². The molecule has 3 N–H and O–H groups in total. The fourth-order valence-corrected chi connectivity index (χ4v) is 2.46. The summed E-state index contributed by atoms with van der Waals surface area (Å²) in [5, 5.41) is 3.08. The van der Waals surface area contributed by atoms with Crippen LogP contribution in [0.15, 0.2) is 18.2 Å². The largest absolute Gasteiger partial charge is 0.492 e. The standard InChI is InChI=1S/C18H28N2O3/c1-12(2)9-16(20-4)17(22)11-14-5-6-18(23-8-7-19)15(10-14)13(3)21/h5-6,10,12,16,20H,7-9,11,19H2,1-4H3/t16-/m0/s1. The van der Waals surface area contributed by atoms with Crippen LogP contribution in [0.2, 0.25) is 0 Å². The Morgan fingerprint density at radius 3 is 2.52 bits per heavy atom. The van der Waals surface area contributed by atoms with Crippen molar-refractivity contribution in [1.82, 2.24) is 5.32 Å². The maximum atomic E-state index is 12.4. The van der Waals surface area contributed by atoms with E-state index in [4.69, 9.17) is 10.5 Å². The van der Waals surface area contributed by atoms with Crippen LogP contribution in [0, 0.1) is 5.92 Å². The smallest absolute Gasteiger partial charge is 0.163 e. The Morgan fingerprint density at radius 1 is 1.30 bits per heavy atom. The molecule has 0 aliphatic rings. The zero-order valence-electron chi connectivity index (χ0n) is 14.5. The van der Waals surface area contributed by atoms with Gasteiger partial charge in [0, 0.05) is 13.0 Å². The number of rotatable bonds is 10. The number of ether oxygens (including phenoxy) is 1. The normalized spacial score (nSPS) is 12.3. The van der Waals surface area contributed by atoms with Gasteiger partial charge in [0.1, 0.15) is 12.4 Å². The lowest BCUT2D eigenvalue weighted by Crippen LogP contribution is -2.36. The summed E-state index contributed by atoms with van der Waals surface area (Å²) in [6.07, 6.45) is 1.10. The minimum atomic E-state index is -0.163. The van der Waals surface area contributed by atoms with E-state index in [0.717, 1.165) is 12.0 Å². The molecule has 1 rings (SSSR count). The molecule has 128 valence electrons. The molecule has 0 spiro atoms. The highest BCUT2D eigenvalue weighted by atomic mass is 16.5. The highest BCUT2D eigenvalue weighted by Crippen LogP contribution is 2.22. The first-order chi connectivity index (χ1) is 10.9. The average molecular weight is 320 g/mol. The molecule has 5 heteroatoms. The molecule has 0 aliphatic carbocycles. The molecule has 5 nitrogen and oxygen atoms in total. The van der Waals surface area contributed by atoms with Crippen LogP contribution in [-0.4, -0.2) is 37.8 Å². The zero-order chi connectivity index (χ0) is 17.4. The Labute approximate surface area is 138 Å². The molecule has 0 aliphatic heterocycles. The van der Waals surface area contributed by atoms with Crippen molar-refractivity contribution in [2.45, 2.75) is 39.7 Å². The number of carbonyl (C=O) groups is 2. The molecule has 0 bridgehead atoms. The first-order valence-electron chi connectivity index (χ1n) is 8.05. The molecule has 0 unspecified atom stereocenters. The van der Waals surface area contributed by atoms with E-state index in [1.165, 1.54) is 6.92 Å². The molecule has 0 heterocycles. The number of Topliss-reactive ketones (excluding diaryl/α,β-unsaturated/α-hetero) is 2. The van der Waals surface area contributed by atoms with Gasteiger partial charge in [0.15, 0.2) is 11.6 Å². The first-order valence-corrected chi connectivity index (χ1v) is 8.05. The highest BCUT2D eigenvalue weighted by Gasteiger charge is 2.19. The van der Waals surface area contributed by atoms with E-state index in [1.807, 2.05) is 6.07 Å². The summed E-state index contributed by atoms with van der Waals surface area (Å²) in [5.74, 6) is 1.01. The van der Waals surface area contributed by atoms with Gasteiger partial charge in [-0.05, 0) is 44.0 Å². The van der Waals surface area contributed by atoms with Crippen molar-refractivity contribution in [3.8, 4) is 5.75 Å². The summed E-state index contributed by atoms with van der Waals surface area (Å²) < 4.78 is 5.49. The molecule has 0 amide bonds. The molecule has 0 saturated carbocycles. The second-order valence-corrected chi connectivity index (χ2v) is 6.14. The summed E-state index contributed by atoms with van der Waals surface area (Å²) in [4.78, 5) is 24.2. The maximum Gasteiger partial charge on any atom is 0.163 e. The van der Waals surface area contributed by atoms with Crippen LogP contribution in [-0.2, 0) is 11.2 Å². The van der Waals surface area contributed by atoms with E-state index < -0.39 is 0 Å². The lowest BCUT2D eigenvalue weighted by Gasteiger charge is -2.17. The van der Waals surface area contributed by atoms with Crippen LogP contribution in [0.3, 0.4) is 0 Å². The van der Waals surface area contributed by atoms with Crippen LogP contribution in [0.5, 0.6) is 5.75 Å². The monoisotopic (exact) mass is 320 g/mol. The van der Waals surface area contributed by atoms with Crippen LogP contribution in [0.1, 0.15) is 43.1 Å². The van der Waals surface area contributed by atoms with Gasteiger partial charge in [-0.25, -0.2) is 0 Å². The predicted octanol–water partition coefficient (Wildman–Crippen LogP) is 1.97. The number of hydrogen-bond acceptors (Lipinski definition) is 5.